The molecule has 3 aromatic rings. The molecule has 2 aliphatic heterocycles. The fourth-order valence-electron chi connectivity index (χ4n) is 4.75. The average Bonchev–Trinajstić information content (AvgIpc) is 3.57. The highest BCUT2D eigenvalue weighted by Gasteiger charge is 2.31. The summed E-state index contributed by atoms with van der Waals surface area (Å²) in [6, 6.07) is 19.2. The maximum Gasteiger partial charge on any atom is 0.253 e. The number of carbonyl (C=O) groups is 2. The van der Waals surface area contributed by atoms with Crippen LogP contribution in [-0.2, 0) is 0 Å². The van der Waals surface area contributed by atoms with Gasteiger partial charge in [-0.05, 0) is 66.9 Å². The summed E-state index contributed by atoms with van der Waals surface area (Å²) in [6.45, 7) is 3.04. The molecule has 2 aromatic carbocycles. The van der Waals surface area contributed by atoms with Crippen molar-refractivity contribution < 1.29 is 14.3 Å². The van der Waals surface area contributed by atoms with Crippen molar-refractivity contribution in [1.29, 1.82) is 0 Å². The Morgan fingerprint density at radius 1 is 1.00 bits per heavy atom. The predicted octanol–water partition coefficient (Wildman–Crippen LogP) is 3.22. The van der Waals surface area contributed by atoms with E-state index in [0.717, 1.165) is 42.8 Å². The molecular weight excluding hydrogens is 428 g/mol. The van der Waals surface area contributed by atoms with Crippen LogP contribution in [0.2, 0.25) is 0 Å². The van der Waals surface area contributed by atoms with E-state index >= 15 is 0 Å². The van der Waals surface area contributed by atoms with Gasteiger partial charge < -0.3 is 20.7 Å². The molecule has 7 heteroatoms. The Hall–Kier alpha value is -3.71. The molecule has 174 valence electrons. The number of rotatable bonds is 6. The lowest BCUT2D eigenvalue weighted by molar-refractivity contribution is 0.0790. The van der Waals surface area contributed by atoms with Crippen molar-refractivity contribution in [3.05, 3.63) is 83.7 Å². The topological polar surface area (TPSA) is 97.6 Å². The van der Waals surface area contributed by atoms with Crippen LogP contribution < -0.4 is 15.8 Å². The summed E-state index contributed by atoms with van der Waals surface area (Å²) < 4.78 is 5.99. The van der Waals surface area contributed by atoms with E-state index in [1.807, 2.05) is 53.4 Å². The SMILES string of the molecule is NC(=O)c1cccnc1[C@@H]1CCN(C(=O)c2ccc(-c3ccc(O[C@H]4CCNC4)cc3)cc2)C1. The van der Waals surface area contributed by atoms with E-state index in [0.29, 0.717) is 29.9 Å². The van der Waals surface area contributed by atoms with Gasteiger partial charge in [0.1, 0.15) is 11.9 Å². The Kier molecular flexibility index (Phi) is 6.27. The van der Waals surface area contributed by atoms with Gasteiger partial charge in [-0.25, -0.2) is 0 Å². The highest BCUT2D eigenvalue weighted by molar-refractivity contribution is 5.95. The van der Waals surface area contributed by atoms with E-state index in [-0.39, 0.29) is 17.9 Å². The third kappa shape index (κ3) is 4.65. The number of nitrogens with two attached hydrogens (primary N) is 1. The molecule has 3 N–H and O–H groups in total. The summed E-state index contributed by atoms with van der Waals surface area (Å²) in [7, 11) is 0. The molecule has 2 saturated heterocycles. The fourth-order valence-corrected chi connectivity index (χ4v) is 4.75. The first-order valence-electron chi connectivity index (χ1n) is 11.7. The van der Waals surface area contributed by atoms with E-state index in [4.69, 9.17) is 10.5 Å². The first-order valence-corrected chi connectivity index (χ1v) is 11.7. The number of aromatic nitrogens is 1. The van der Waals surface area contributed by atoms with Crippen molar-refractivity contribution in [2.75, 3.05) is 26.2 Å². The highest BCUT2D eigenvalue weighted by atomic mass is 16.5. The Morgan fingerprint density at radius 2 is 1.74 bits per heavy atom. The monoisotopic (exact) mass is 456 g/mol. The minimum atomic E-state index is -0.487. The molecule has 34 heavy (non-hydrogen) atoms. The van der Waals surface area contributed by atoms with Crippen molar-refractivity contribution >= 4 is 11.8 Å². The van der Waals surface area contributed by atoms with Crippen molar-refractivity contribution in [2.24, 2.45) is 5.73 Å². The normalized spacial score (nSPS) is 19.8. The lowest BCUT2D eigenvalue weighted by atomic mass is 9.99. The van der Waals surface area contributed by atoms with Gasteiger partial charge in [-0.1, -0.05) is 24.3 Å². The summed E-state index contributed by atoms with van der Waals surface area (Å²) >= 11 is 0. The van der Waals surface area contributed by atoms with Gasteiger partial charge in [-0.2, -0.15) is 0 Å². The molecule has 2 aliphatic rings. The van der Waals surface area contributed by atoms with E-state index in [2.05, 4.69) is 10.3 Å². The number of hydrogen-bond donors (Lipinski definition) is 2. The molecule has 0 bridgehead atoms. The number of nitrogens with zero attached hydrogens (tertiary/aromatic N) is 2. The van der Waals surface area contributed by atoms with Gasteiger partial charge in [0.2, 0.25) is 0 Å². The van der Waals surface area contributed by atoms with Gasteiger partial charge in [0, 0.05) is 37.3 Å². The van der Waals surface area contributed by atoms with Gasteiger partial charge in [0.15, 0.2) is 0 Å². The maximum absolute atomic E-state index is 13.1. The van der Waals surface area contributed by atoms with Crippen LogP contribution in [0.5, 0.6) is 5.75 Å². The predicted molar refractivity (Wildman–Crippen MR) is 130 cm³/mol. The van der Waals surface area contributed by atoms with Crippen molar-refractivity contribution in [3.63, 3.8) is 0 Å². The van der Waals surface area contributed by atoms with Crippen LogP contribution in [0.1, 0.15) is 45.2 Å². The molecule has 2 fully saturated rings. The van der Waals surface area contributed by atoms with Crippen LogP contribution in [-0.4, -0.2) is 54.0 Å². The summed E-state index contributed by atoms with van der Waals surface area (Å²) in [5, 5.41) is 3.30. The minimum absolute atomic E-state index is 0.00710. The van der Waals surface area contributed by atoms with E-state index in [1.165, 1.54) is 0 Å². The van der Waals surface area contributed by atoms with E-state index < -0.39 is 5.91 Å². The van der Waals surface area contributed by atoms with Crippen molar-refractivity contribution in [2.45, 2.75) is 24.9 Å². The standard InChI is InChI=1S/C27H28N4O3/c28-26(32)24-2-1-13-30-25(24)21-12-15-31(17-21)27(33)20-5-3-18(4-6-20)19-7-9-22(10-8-19)34-23-11-14-29-16-23/h1-10,13,21,23,29H,11-12,14-17H2,(H2,28,32)/t21-,23+/m1/s1. The Labute approximate surface area is 198 Å². The molecule has 0 spiro atoms. The molecule has 5 rings (SSSR count). The number of likely N-dealkylation sites (tertiary alicyclic amines) is 1. The number of benzene rings is 2. The van der Waals surface area contributed by atoms with Gasteiger partial charge in [0.25, 0.3) is 11.8 Å². The molecular formula is C27H28N4O3. The van der Waals surface area contributed by atoms with Crippen molar-refractivity contribution in [1.82, 2.24) is 15.2 Å². The number of amides is 2. The third-order valence-corrected chi connectivity index (χ3v) is 6.60. The zero-order valence-electron chi connectivity index (χ0n) is 18.9. The maximum atomic E-state index is 13.1. The van der Waals surface area contributed by atoms with Crippen molar-refractivity contribution in [3.8, 4) is 16.9 Å². The first-order chi connectivity index (χ1) is 16.6. The van der Waals surface area contributed by atoms with Gasteiger partial charge >= 0.3 is 0 Å². The van der Waals surface area contributed by atoms with Crippen LogP contribution in [0.4, 0.5) is 0 Å². The number of ether oxygens (including phenoxy) is 1. The summed E-state index contributed by atoms with van der Waals surface area (Å²) in [6.07, 6.45) is 3.69. The second-order valence-electron chi connectivity index (χ2n) is 8.87. The zero-order valence-corrected chi connectivity index (χ0v) is 18.9. The molecule has 3 heterocycles. The Bertz CT molecular complexity index is 1170. The fraction of sp³-hybridized carbons (Fsp3) is 0.296. The van der Waals surface area contributed by atoms with Gasteiger partial charge in [-0.15, -0.1) is 0 Å². The summed E-state index contributed by atoms with van der Waals surface area (Å²) in [5.74, 6) is 0.381. The number of pyridine rings is 1. The van der Waals surface area contributed by atoms with Crippen LogP contribution in [0.25, 0.3) is 11.1 Å². The second kappa shape index (κ2) is 9.65. The highest BCUT2D eigenvalue weighted by Crippen LogP contribution is 2.30. The number of hydrogen-bond acceptors (Lipinski definition) is 5. The molecule has 0 radical (unpaired) electrons. The van der Waals surface area contributed by atoms with Crippen LogP contribution >= 0.6 is 0 Å². The minimum Gasteiger partial charge on any atom is -0.489 e. The molecule has 2 atom stereocenters. The largest absolute Gasteiger partial charge is 0.489 e. The van der Waals surface area contributed by atoms with Crippen LogP contribution in [0.3, 0.4) is 0 Å². The molecule has 0 aliphatic carbocycles. The Balaban J connectivity index is 1.23. The van der Waals surface area contributed by atoms with Crippen LogP contribution in [0.15, 0.2) is 66.9 Å². The van der Waals surface area contributed by atoms with Gasteiger partial charge in [0.05, 0.1) is 11.3 Å². The second-order valence-corrected chi connectivity index (χ2v) is 8.87. The quantitative estimate of drug-likeness (QED) is 0.594. The zero-order chi connectivity index (χ0) is 23.5. The average molecular weight is 457 g/mol. The van der Waals surface area contributed by atoms with E-state index in [9.17, 15) is 9.59 Å². The summed E-state index contributed by atoms with van der Waals surface area (Å²) in [4.78, 5) is 31.0. The number of primary amides is 1. The first kappa shape index (κ1) is 22.1. The number of carbonyl (C=O) groups excluding carboxylic acids is 2. The Morgan fingerprint density at radius 3 is 2.41 bits per heavy atom. The number of nitrogens with one attached hydrogen (secondary N) is 1. The smallest absolute Gasteiger partial charge is 0.253 e. The summed E-state index contributed by atoms with van der Waals surface area (Å²) in [5.41, 5.74) is 9.38. The lowest BCUT2D eigenvalue weighted by Gasteiger charge is -2.17. The molecule has 0 unspecified atom stereocenters. The van der Waals surface area contributed by atoms with E-state index in [1.54, 1.807) is 18.3 Å². The molecule has 2 amide bonds. The van der Waals surface area contributed by atoms with Crippen LogP contribution in [0, 0.1) is 0 Å². The van der Waals surface area contributed by atoms with Gasteiger partial charge in [-0.3, -0.25) is 14.6 Å². The molecule has 7 nitrogen and oxygen atoms in total. The third-order valence-electron chi connectivity index (χ3n) is 6.60. The lowest BCUT2D eigenvalue weighted by Crippen LogP contribution is -2.28. The molecule has 0 saturated carbocycles. The molecule has 1 aromatic heterocycles.